The molecule has 3 fully saturated rings. The molecule has 4 aliphatic rings. The van der Waals surface area contributed by atoms with E-state index in [0.717, 1.165) is 19.3 Å². The minimum absolute atomic E-state index is 0.0648. The van der Waals surface area contributed by atoms with Crippen LogP contribution in [0.25, 0.3) is 0 Å². The Kier molecular flexibility index (Phi) is 3.92. The lowest BCUT2D eigenvalue weighted by atomic mass is 9.69. The van der Waals surface area contributed by atoms with Crippen LogP contribution in [0.15, 0.2) is 11.6 Å². The number of hydrogen-bond acceptors (Lipinski definition) is 5. The summed E-state index contributed by atoms with van der Waals surface area (Å²) in [6, 6.07) is -0.229. The van der Waals surface area contributed by atoms with Crippen molar-refractivity contribution in [3.05, 3.63) is 11.6 Å². The second-order valence-electron chi connectivity index (χ2n) is 9.61. The van der Waals surface area contributed by atoms with Crippen molar-refractivity contribution in [2.24, 2.45) is 22.2 Å². The van der Waals surface area contributed by atoms with E-state index in [-0.39, 0.29) is 41.6 Å². The Morgan fingerprint density at radius 3 is 2.63 bits per heavy atom. The van der Waals surface area contributed by atoms with Crippen molar-refractivity contribution in [1.82, 2.24) is 4.31 Å². The first-order valence-electron chi connectivity index (χ1n) is 9.91. The average Bonchev–Trinajstić information content (AvgIpc) is 3.21. The zero-order chi connectivity index (χ0) is 19.8. The van der Waals surface area contributed by atoms with Crippen LogP contribution in [-0.2, 0) is 24.3 Å². The third-order valence-corrected chi connectivity index (χ3v) is 9.94. The van der Waals surface area contributed by atoms with E-state index in [4.69, 9.17) is 4.74 Å². The molecular weight excluding hydrogens is 366 g/mol. The van der Waals surface area contributed by atoms with E-state index in [2.05, 4.69) is 13.8 Å². The molecule has 4 atom stereocenters. The summed E-state index contributed by atoms with van der Waals surface area (Å²) in [7, 11) is -3.64. The molecule has 4 rings (SSSR count). The highest BCUT2D eigenvalue weighted by atomic mass is 32.2. The Balaban J connectivity index is 1.63. The summed E-state index contributed by atoms with van der Waals surface area (Å²) < 4.78 is 32.5. The number of hydrogen-bond donors (Lipinski definition) is 0. The minimum Gasteiger partial charge on any atom is -0.463 e. The van der Waals surface area contributed by atoms with Crippen molar-refractivity contribution in [3.8, 4) is 0 Å². The van der Waals surface area contributed by atoms with Gasteiger partial charge in [-0.3, -0.25) is 4.79 Å². The van der Waals surface area contributed by atoms with Gasteiger partial charge in [-0.2, -0.15) is 0 Å². The van der Waals surface area contributed by atoms with E-state index in [1.54, 1.807) is 19.9 Å². The number of allylic oxidation sites excluding steroid dienone is 1. The van der Waals surface area contributed by atoms with Crippen LogP contribution in [0.2, 0.25) is 0 Å². The summed E-state index contributed by atoms with van der Waals surface area (Å²) >= 11 is 0. The Morgan fingerprint density at radius 2 is 2.00 bits per heavy atom. The summed E-state index contributed by atoms with van der Waals surface area (Å²) in [6.07, 6.45) is 5.04. The number of nitrogens with zero attached hydrogens (tertiary/aromatic N) is 1. The molecule has 0 aromatic heterocycles. The van der Waals surface area contributed by atoms with E-state index in [9.17, 15) is 18.0 Å². The van der Waals surface area contributed by atoms with Gasteiger partial charge in [-0.05, 0) is 50.4 Å². The first kappa shape index (κ1) is 19.0. The summed E-state index contributed by atoms with van der Waals surface area (Å²) in [5, 5.41) is 0. The fourth-order valence-electron chi connectivity index (χ4n) is 6.28. The summed E-state index contributed by atoms with van der Waals surface area (Å²) in [5.74, 6) is -0.203. The second-order valence-corrected chi connectivity index (χ2v) is 11.5. The lowest BCUT2D eigenvalue weighted by Gasteiger charge is -2.38. The number of carbonyl (C=O) groups excluding carboxylic acids is 2. The highest BCUT2D eigenvalue weighted by Gasteiger charge is 2.73. The van der Waals surface area contributed by atoms with Gasteiger partial charge < -0.3 is 4.74 Å². The Bertz CT molecular complexity index is 844. The average molecular weight is 396 g/mol. The Hall–Kier alpha value is -1.37. The molecule has 6 nitrogen and oxygen atoms in total. The second kappa shape index (κ2) is 5.58. The SMILES string of the molecule is CCOC(=O)C1=CC[C@](C)(C(=O)N2C3CC4CCC3(CS2(=O)=O)C4(C)C)C1. The van der Waals surface area contributed by atoms with Gasteiger partial charge in [-0.25, -0.2) is 17.5 Å². The minimum atomic E-state index is -3.64. The molecule has 2 bridgehead atoms. The number of carbonyl (C=O) groups is 2. The number of fused-ring (bicyclic) bond motifs is 1. The molecule has 0 aromatic carbocycles. The van der Waals surface area contributed by atoms with Crippen LogP contribution in [0.4, 0.5) is 0 Å². The first-order valence-corrected chi connectivity index (χ1v) is 11.5. The first-order chi connectivity index (χ1) is 12.5. The zero-order valence-electron chi connectivity index (χ0n) is 16.6. The van der Waals surface area contributed by atoms with Gasteiger partial charge in [0.2, 0.25) is 15.9 Å². The standard InChI is InChI=1S/C20H29NO5S/c1-5-26-16(22)13-6-8-19(4,11-13)17(23)21-15-10-14-7-9-20(15,18(14,2)3)12-27(21,24)25/h6,14-15H,5,7-12H2,1-4H3/t14?,15?,19-,20?/m0/s1. The third-order valence-electron chi connectivity index (χ3n) is 8.04. The number of rotatable bonds is 3. The Morgan fingerprint density at radius 1 is 1.30 bits per heavy atom. The fourth-order valence-corrected chi connectivity index (χ4v) is 8.93. The maximum absolute atomic E-state index is 13.5. The van der Waals surface area contributed by atoms with Crippen molar-refractivity contribution >= 4 is 21.9 Å². The monoisotopic (exact) mass is 395 g/mol. The van der Waals surface area contributed by atoms with Crippen molar-refractivity contribution < 1.29 is 22.7 Å². The van der Waals surface area contributed by atoms with Gasteiger partial charge in [0.15, 0.2) is 0 Å². The molecule has 3 aliphatic carbocycles. The maximum Gasteiger partial charge on any atom is 0.333 e. The van der Waals surface area contributed by atoms with Crippen LogP contribution in [0.1, 0.15) is 59.8 Å². The van der Waals surface area contributed by atoms with Gasteiger partial charge in [-0.15, -0.1) is 0 Å². The molecule has 1 amide bonds. The predicted molar refractivity (Wildman–Crippen MR) is 100 cm³/mol. The molecule has 1 aliphatic heterocycles. The molecule has 1 saturated heterocycles. The van der Waals surface area contributed by atoms with Crippen LogP contribution < -0.4 is 0 Å². The molecule has 27 heavy (non-hydrogen) atoms. The van der Waals surface area contributed by atoms with Gasteiger partial charge in [0.25, 0.3) is 0 Å². The smallest absolute Gasteiger partial charge is 0.333 e. The van der Waals surface area contributed by atoms with Gasteiger partial charge in [0, 0.05) is 11.0 Å². The largest absolute Gasteiger partial charge is 0.463 e. The summed E-state index contributed by atoms with van der Waals surface area (Å²) in [6.45, 7) is 8.14. The normalized spacial score (nSPS) is 40.7. The quantitative estimate of drug-likeness (QED) is 0.686. The van der Waals surface area contributed by atoms with E-state index in [1.807, 2.05) is 0 Å². The van der Waals surface area contributed by atoms with Crippen LogP contribution in [0.3, 0.4) is 0 Å². The predicted octanol–water partition coefficient (Wildman–Crippen LogP) is 2.64. The molecular formula is C20H29NO5S. The highest BCUT2D eigenvalue weighted by molar-refractivity contribution is 7.90. The lowest BCUT2D eigenvalue weighted by Crippen LogP contribution is -2.49. The van der Waals surface area contributed by atoms with Gasteiger partial charge in [0.05, 0.1) is 23.8 Å². The summed E-state index contributed by atoms with van der Waals surface area (Å²) in [4.78, 5) is 25.5. The van der Waals surface area contributed by atoms with Crippen LogP contribution in [-0.4, -0.2) is 43.0 Å². The third kappa shape index (κ3) is 2.33. The molecule has 0 radical (unpaired) electrons. The van der Waals surface area contributed by atoms with Crippen LogP contribution in [0.5, 0.6) is 0 Å². The number of sulfonamides is 1. The summed E-state index contributed by atoms with van der Waals surface area (Å²) in [5.41, 5.74) is -0.803. The molecule has 0 aromatic rings. The van der Waals surface area contributed by atoms with E-state index in [0.29, 0.717) is 17.9 Å². The van der Waals surface area contributed by atoms with Crippen molar-refractivity contribution in [3.63, 3.8) is 0 Å². The van der Waals surface area contributed by atoms with Crippen molar-refractivity contribution in [1.29, 1.82) is 0 Å². The molecule has 7 heteroatoms. The molecule has 0 N–H and O–H groups in total. The molecule has 150 valence electrons. The van der Waals surface area contributed by atoms with Gasteiger partial charge in [-0.1, -0.05) is 26.8 Å². The topological polar surface area (TPSA) is 80.8 Å². The van der Waals surface area contributed by atoms with E-state index < -0.39 is 21.4 Å². The molecule has 1 spiro atoms. The molecule has 1 heterocycles. The number of amides is 1. The fraction of sp³-hybridized carbons (Fsp3) is 0.800. The van der Waals surface area contributed by atoms with Crippen LogP contribution in [0, 0.1) is 22.2 Å². The van der Waals surface area contributed by atoms with Crippen molar-refractivity contribution in [2.45, 2.75) is 65.8 Å². The van der Waals surface area contributed by atoms with Crippen LogP contribution >= 0.6 is 0 Å². The highest BCUT2D eigenvalue weighted by Crippen LogP contribution is 2.70. The van der Waals surface area contributed by atoms with E-state index in [1.165, 1.54) is 4.31 Å². The lowest BCUT2D eigenvalue weighted by molar-refractivity contribution is -0.140. The van der Waals surface area contributed by atoms with E-state index >= 15 is 0 Å². The number of esters is 1. The molecule has 3 unspecified atom stereocenters. The van der Waals surface area contributed by atoms with Crippen molar-refractivity contribution in [2.75, 3.05) is 12.4 Å². The maximum atomic E-state index is 13.5. The Labute approximate surface area is 161 Å². The number of ether oxygens (including phenoxy) is 1. The zero-order valence-corrected chi connectivity index (χ0v) is 17.4. The molecule has 2 saturated carbocycles. The van der Waals surface area contributed by atoms with Gasteiger partial charge >= 0.3 is 5.97 Å². The van der Waals surface area contributed by atoms with Gasteiger partial charge in [0.1, 0.15) is 0 Å².